The second kappa shape index (κ2) is 62.8. The average molecular weight is 1190 g/mol. The number of allylic oxidation sites excluding steroid dienone is 9. The largest absolute Gasteiger partial charge is 0.756 e. The molecule has 83 heavy (non-hydrogen) atoms. The molecule has 1 amide bonds. The van der Waals surface area contributed by atoms with Gasteiger partial charge in [0.05, 0.1) is 33.8 Å². The molecule has 0 spiro atoms. The van der Waals surface area contributed by atoms with Gasteiger partial charge in [0.1, 0.15) is 19.3 Å². The summed E-state index contributed by atoms with van der Waals surface area (Å²) in [6.45, 7) is 6.85. The summed E-state index contributed by atoms with van der Waals surface area (Å²) in [6.07, 6.45) is 80.5. The number of phosphoric acid groups is 1. The van der Waals surface area contributed by atoms with Crippen LogP contribution in [0.1, 0.15) is 342 Å². The zero-order valence-corrected chi connectivity index (χ0v) is 56.6. The van der Waals surface area contributed by atoms with E-state index in [0.717, 1.165) is 83.5 Å². The molecule has 0 aromatic carbocycles. The molecule has 0 radical (unpaired) electrons. The van der Waals surface area contributed by atoms with Crippen molar-refractivity contribution < 1.29 is 37.3 Å². The standard InChI is InChI=1S/C73H137N2O7P/c1-7-10-13-16-19-22-25-28-30-32-34-36-37-39-40-42-44-47-50-53-56-59-62-65-72(76)74-70(69-81-83(78,79)80-68-67-75(4,5)6)71(64-61-58-55-52-49-46-27-24-21-18-15-12-9-3)82-73(77)66-63-60-57-54-51-48-45-43-41-38-35-33-31-29-26-23-20-17-14-11-8-2/h19,22,28-31,34,36,61,64,70-71H,7-18,20-21,23-27,32-33,35,37-60,62-63,65-69H2,1-6H3,(H-,74,76,78,79)/b22-19-,30-28-,31-29+,36-34-,64-61+. The number of carbonyl (C=O) groups is 2. The highest BCUT2D eigenvalue weighted by Gasteiger charge is 2.27. The van der Waals surface area contributed by atoms with Crippen LogP contribution in [0.5, 0.6) is 0 Å². The van der Waals surface area contributed by atoms with Crippen molar-refractivity contribution in [3.05, 3.63) is 60.8 Å². The maximum Gasteiger partial charge on any atom is 0.306 e. The Morgan fingerprint density at radius 3 is 1.13 bits per heavy atom. The van der Waals surface area contributed by atoms with Gasteiger partial charge in [-0.05, 0) is 96.0 Å². The molecule has 0 fully saturated rings. The number of hydrogen-bond donors (Lipinski definition) is 1. The van der Waals surface area contributed by atoms with E-state index in [2.05, 4.69) is 74.7 Å². The Hall–Kier alpha value is -2.29. The zero-order valence-electron chi connectivity index (χ0n) is 55.7. The Morgan fingerprint density at radius 1 is 0.422 bits per heavy atom. The Bertz CT molecular complexity index is 1600. The van der Waals surface area contributed by atoms with Crippen molar-refractivity contribution in [3.63, 3.8) is 0 Å². The van der Waals surface area contributed by atoms with Crippen LogP contribution in [0.25, 0.3) is 0 Å². The second-order valence-electron chi connectivity index (χ2n) is 25.4. The van der Waals surface area contributed by atoms with Gasteiger partial charge < -0.3 is 28.5 Å². The lowest BCUT2D eigenvalue weighted by atomic mass is 10.0. The molecular weight excluding hydrogens is 1050 g/mol. The van der Waals surface area contributed by atoms with Crippen molar-refractivity contribution in [2.45, 2.75) is 354 Å². The number of esters is 1. The number of carbonyl (C=O) groups excluding carboxylic acids is 2. The third-order valence-corrected chi connectivity index (χ3v) is 16.9. The van der Waals surface area contributed by atoms with E-state index in [1.54, 1.807) is 0 Å². The van der Waals surface area contributed by atoms with Crippen molar-refractivity contribution in [3.8, 4) is 0 Å². The van der Waals surface area contributed by atoms with Gasteiger partial charge in [-0.25, -0.2) is 0 Å². The van der Waals surface area contributed by atoms with Crippen LogP contribution in [0.3, 0.4) is 0 Å². The minimum atomic E-state index is -4.71. The summed E-state index contributed by atoms with van der Waals surface area (Å²) in [7, 11) is 1.19. The molecule has 0 rings (SSSR count). The highest BCUT2D eigenvalue weighted by atomic mass is 31.2. The van der Waals surface area contributed by atoms with E-state index in [9.17, 15) is 19.0 Å². The number of hydrogen-bond acceptors (Lipinski definition) is 7. The van der Waals surface area contributed by atoms with Gasteiger partial charge in [0.15, 0.2) is 0 Å². The second-order valence-corrected chi connectivity index (χ2v) is 26.8. The smallest absolute Gasteiger partial charge is 0.306 e. The number of nitrogens with one attached hydrogen (secondary N) is 1. The molecule has 10 heteroatoms. The van der Waals surface area contributed by atoms with Crippen molar-refractivity contribution in [2.24, 2.45) is 0 Å². The maximum atomic E-state index is 13.6. The Kier molecular flexibility index (Phi) is 61.0. The van der Waals surface area contributed by atoms with Gasteiger partial charge in [0.2, 0.25) is 5.91 Å². The number of amides is 1. The first-order valence-electron chi connectivity index (χ1n) is 35.6. The fourth-order valence-corrected chi connectivity index (χ4v) is 11.1. The van der Waals surface area contributed by atoms with Crippen molar-refractivity contribution in [1.29, 1.82) is 0 Å². The van der Waals surface area contributed by atoms with E-state index in [1.807, 2.05) is 33.3 Å². The minimum Gasteiger partial charge on any atom is -0.756 e. The molecule has 0 aliphatic carbocycles. The number of likely N-dealkylation sites (N-methyl/N-ethyl adjacent to an activating group) is 1. The van der Waals surface area contributed by atoms with Gasteiger partial charge >= 0.3 is 5.97 Å². The average Bonchev–Trinajstić information content (AvgIpc) is 3.46. The van der Waals surface area contributed by atoms with E-state index < -0.39 is 20.0 Å². The molecule has 3 unspecified atom stereocenters. The van der Waals surface area contributed by atoms with Gasteiger partial charge in [-0.3, -0.25) is 14.2 Å². The first kappa shape index (κ1) is 80.7. The fraction of sp³-hybridized carbons (Fsp3) is 0.836. The van der Waals surface area contributed by atoms with Crippen molar-refractivity contribution in [2.75, 3.05) is 40.9 Å². The number of ether oxygens (including phenoxy) is 1. The predicted octanol–water partition coefficient (Wildman–Crippen LogP) is 21.9. The van der Waals surface area contributed by atoms with Gasteiger partial charge in [0.25, 0.3) is 7.82 Å². The highest BCUT2D eigenvalue weighted by molar-refractivity contribution is 7.45. The van der Waals surface area contributed by atoms with Crippen LogP contribution >= 0.6 is 7.82 Å². The van der Waals surface area contributed by atoms with E-state index in [-0.39, 0.29) is 31.5 Å². The Morgan fingerprint density at radius 2 is 0.735 bits per heavy atom. The number of unbranched alkanes of at least 4 members (excludes halogenated alkanes) is 41. The molecule has 1 N–H and O–H groups in total. The van der Waals surface area contributed by atoms with Gasteiger partial charge in [-0.1, -0.05) is 294 Å². The topological polar surface area (TPSA) is 114 Å². The van der Waals surface area contributed by atoms with Crippen LogP contribution < -0.4 is 10.2 Å². The molecule has 486 valence electrons. The number of nitrogens with zero attached hydrogens (tertiary/aromatic N) is 1. The zero-order chi connectivity index (χ0) is 60.7. The highest BCUT2D eigenvalue weighted by Crippen LogP contribution is 2.38. The van der Waals surface area contributed by atoms with Crippen molar-refractivity contribution >= 4 is 19.7 Å². The maximum absolute atomic E-state index is 13.6. The molecule has 0 aromatic rings. The van der Waals surface area contributed by atoms with E-state index in [4.69, 9.17) is 13.8 Å². The summed E-state index contributed by atoms with van der Waals surface area (Å²) in [5.74, 6) is -0.534. The number of quaternary nitrogens is 1. The predicted molar refractivity (Wildman–Crippen MR) is 358 cm³/mol. The summed E-state index contributed by atoms with van der Waals surface area (Å²) in [5, 5.41) is 3.05. The third-order valence-electron chi connectivity index (χ3n) is 15.9. The molecule has 0 aliphatic heterocycles. The minimum absolute atomic E-state index is 0.0232. The lowest BCUT2D eigenvalue weighted by Gasteiger charge is -2.30. The lowest BCUT2D eigenvalue weighted by Crippen LogP contribution is -2.47. The van der Waals surface area contributed by atoms with Crippen LogP contribution in [0, 0.1) is 0 Å². The summed E-state index contributed by atoms with van der Waals surface area (Å²) >= 11 is 0. The number of rotatable bonds is 65. The Balaban J connectivity index is 5.12. The molecule has 0 bridgehead atoms. The third kappa shape index (κ3) is 64.0. The summed E-state index contributed by atoms with van der Waals surface area (Å²) in [6, 6.07) is -0.892. The monoisotopic (exact) mass is 1190 g/mol. The van der Waals surface area contributed by atoms with Gasteiger partial charge in [-0.2, -0.15) is 0 Å². The quantitative estimate of drug-likeness (QED) is 0.0212. The lowest BCUT2D eigenvalue weighted by molar-refractivity contribution is -0.870. The molecule has 0 saturated heterocycles. The van der Waals surface area contributed by atoms with Gasteiger partial charge in [0, 0.05) is 12.8 Å². The van der Waals surface area contributed by atoms with Crippen LogP contribution in [-0.2, 0) is 27.9 Å². The molecule has 9 nitrogen and oxygen atoms in total. The fourth-order valence-electron chi connectivity index (χ4n) is 10.4. The van der Waals surface area contributed by atoms with Crippen LogP contribution in [0.4, 0.5) is 0 Å². The molecule has 3 atom stereocenters. The van der Waals surface area contributed by atoms with Crippen LogP contribution in [0.2, 0.25) is 0 Å². The van der Waals surface area contributed by atoms with E-state index >= 15 is 0 Å². The van der Waals surface area contributed by atoms with Crippen LogP contribution in [0.15, 0.2) is 60.8 Å². The summed E-state index contributed by atoms with van der Waals surface area (Å²) in [5.41, 5.74) is 0. The molecular formula is C73H137N2O7P. The molecule has 0 heterocycles. The van der Waals surface area contributed by atoms with E-state index in [0.29, 0.717) is 17.4 Å². The first-order valence-corrected chi connectivity index (χ1v) is 37.1. The SMILES string of the molecule is CCCCC/C=C\C/C=C\C/C=C\CCCCCCCCCCCCC(=O)NC(COP(=O)([O-])OCC[N+](C)(C)C)C(/C=C/CCCCCCCCCCCCC)OC(=O)CCCCCCCCCCCCC/C=C/CCCCCCCC. The van der Waals surface area contributed by atoms with E-state index in [1.165, 1.54) is 225 Å². The molecule has 0 aromatic heterocycles. The van der Waals surface area contributed by atoms with Crippen molar-refractivity contribution in [1.82, 2.24) is 5.32 Å². The molecule has 0 saturated carbocycles. The summed E-state index contributed by atoms with van der Waals surface area (Å²) in [4.78, 5) is 40.2. The first-order chi connectivity index (χ1) is 40.4. The van der Waals surface area contributed by atoms with Gasteiger partial charge in [-0.15, -0.1) is 0 Å². The molecule has 0 aliphatic rings. The normalized spacial score (nSPS) is 13.9. The summed E-state index contributed by atoms with van der Waals surface area (Å²) < 4.78 is 30.5. The number of phosphoric ester groups is 1. The van der Waals surface area contributed by atoms with Crippen LogP contribution in [-0.4, -0.2) is 69.4 Å². The Labute approximate surface area is 515 Å².